The van der Waals surface area contributed by atoms with Crippen molar-refractivity contribution < 1.29 is 9.53 Å². The maximum Gasteiger partial charge on any atom is 0.226 e. The zero-order valence-electron chi connectivity index (χ0n) is 13.1. The van der Waals surface area contributed by atoms with Crippen molar-refractivity contribution in [3.05, 3.63) is 29.8 Å². The highest BCUT2D eigenvalue weighted by Gasteiger charge is 2.25. The van der Waals surface area contributed by atoms with E-state index >= 15 is 0 Å². The predicted molar refractivity (Wildman–Crippen MR) is 81.8 cm³/mol. The van der Waals surface area contributed by atoms with E-state index in [4.69, 9.17) is 4.74 Å². The molecule has 0 aliphatic rings. The molecule has 0 fully saturated rings. The summed E-state index contributed by atoms with van der Waals surface area (Å²) >= 11 is 0. The second kappa shape index (κ2) is 7.29. The number of nitrogens with one attached hydrogen (secondary N) is 2. The molecular formula is C16H26N2O2. The van der Waals surface area contributed by atoms with Gasteiger partial charge in [-0.25, -0.2) is 0 Å². The van der Waals surface area contributed by atoms with E-state index in [0.29, 0.717) is 13.1 Å². The normalized spacial score (nSPS) is 11.5. The van der Waals surface area contributed by atoms with Crippen molar-refractivity contribution >= 4 is 5.91 Å². The zero-order chi connectivity index (χ0) is 15.2. The highest BCUT2D eigenvalue weighted by Crippen LogP contribution is 2.20. The van der Waals surface area contributed by atoms with Crippen LogP contribution < -0.4 is 15.4 Å². The van der Waals surface area contributed by atoms with Crippen molar-refractivity contribution in [2.24, 2.45) is 5.41 Å². The van der Waals surface area contributed by atoms with E-state index < -0.39 is 5.41 Å². The molecular weight excluding hydrogens is 252 g/mol. The van der Waals surface area contributed by atoms with E-state index in [9.17, 15) is 4.79 Å². The third-order valence-electron chi connectivity index (χ3n) is 3.06. The average Bonchev–Trinajstić information content (AvgIpc) is 2.39. The second-order valence-electron chi connectivity index (χ2n) is 5.84. The SMILES string of the molecule is CNC(=O)C(C)(C)CNCc1ccccc1OC(C)C. The number of carbonyl (C=O) groups excluding carboxylic acids is 1. The van der Waals surface area contributed by atoms with Crippen molar-refractivity contribution in [2.45, 2.75) is 40.3 Å². The summed E-state index contributed by atoms with van der Waals surface area (Å²) in [6.07, 6.45) is 0.151. The predicted octanol–water partition coefficient (Wildman–Crippen LogP) is 2.34. The second-order valence-corrected chi connectivity index (χ2v) is 5.84. The van der Waals surface area contributed by atoms with Crippen LogP contribution in [0.25, 0.3) is 0 Å². The molecule has 0 bridgehead atoms. The van der Waals surface area contributed by atoms with Crippen molar-refractivity contribution in [1.82, 2.24) is 10.6 Å². The topological polar surface area (TPSA) is 50.4 Å². The highest BCUT2D eigenvalue weighted by molar-refractivity contribution is 5.81. The quantitative estimate of drug-likeness (QED) is 0.805. The Hall–Kier alpha value is -1.55. The number of carbonyl (C=O) groups is 1. The van der Waals surface area contributed by atoms with Gasteiger partial charge >= 0.3 is 0 Å². The van der Waals surface area contributed by atoms with Crippen molar-refractivity contribution in [3.8, 4) is 5.75 Å². The molecule has 0 atom stereocenters. The van der Waals surface area contributed by atoms with Gasteiger partial charge < -0.3 is 15.4 Å². The number of benzene rings is 1. The maximum atomic E-state index is 11.7. The lowest BCUT2D eigenvalue weighted by Crippen LogP contribution is -2.41. The van der Waals surface area contributed by atoms with Gasteiger partial charge in [0.25, 0.3) is 0 Å². The molecule has 112 valence electrons. The molecule has 0 aliphatic carbocycles. The average molecular weight is 278 g/mol. The Labute approximate surface area is 121 Å². The van der Waals surface area contributed by atoms with Crippen LogP contribution in [0.5, 0.6) is 5.75 Å². The van der Waals surface area contributed by atoms with Gasteiger partial charge in [0.15, 0.2) is 0 Å². The van der Waals surface area contributed by atoms with Gasteiger partial charge in [-0.15, -0.1) is 0 Å². The monoisotopic (exact) mass is 278 g/mol. The van der Waals surface area contributed by atoms with Crippen molar-refractivity contribution in [3.63, 3.8) is 0 Å². The molecule has 1 aromatic carbocycles. The van der Waals surface area contributed by atoms with E-state index in [2.05, 4.69) is 10.6 Å². The minimum Gasteiger partial charge on any atom is -0.491 e. The summed E-state index contributed by atoms with van der Waals surface area (Å²) in [7, 11) is 1.66. The number of hydrogen-bond donors (Lipinski definition) is 2. The lowest BCUT2D eigenvalue weighted by atomic mass is 9.92. The van der Waals surface area contributed by atoms with Crippen molar-refractivity contribution in [1.29, 1.82) is 0 Å². The molecule has 1 rings (SSSR count). The molecule has 0 saturated heterocycles. The standard InChI is InChI=1S/C16H26N2O2/c1-12(2)20-14-9-7-6-8-13(14)10-18-11-16(3,4)15(19)17-5/h6-9,12,18H,10-11H2,1-5H3,(H,17,19). The smallest absolute Gasteiger partial charge is 0.226 e. The van der Waals surface area contributed by atoms with E-state index in [1.54, 1.807) is 7.05 Å². The molecule has 0 spiro atoms. The van der Waals surface area contributed by atoms with Gasteiger partial charge in [0, 0.05) is 25.7 Å². The molecule has 0 heterocycles. The van der Waals surface area contributed by atoms with Crippen LogP contribution in [0.3, 0.4) is 0 Å². The largest absolute Gasteiger partial charge is 0.491 e. The summed E-state index contributed by atoms with van der Waals surface area (Å²) in [6, 6.07) is 7.97. The first-order valence-electron chi connectivity index (χ1n) is 7.04. The van der Waals surface area contributed by atoms with Crippen LogP contribution in [0.15, 0.2) is 24.3 Å². The highest BCUT2D eigenvalue weighted by atomic mass is 16.5. The number of hydrogen-bond acceptors (Lipinski definition) is 3. The molecule has 20 heavy (non-hydrogen) atoms. The summed E-state index contributed by atoms with van der Waals surface area (Å²) < 4.78 is 5.78. The van der Waals surface area contributed by atoms with Crippen molar-refractivity contribution in [2.75, 3.05) is 13.6 Å². The molecule has 4 nitrogen and oxygen atoms in total. The molecule has 2 N–H and O–H groups in total. The molecule has 1 aromatic rings. The Kier molecular flexibility index (Phi) is 6.02. The van der Waals surface area contributed by atoms with Gasteiger partial charge in [-0.3, -0.25) is 4.79 Å². The first-order chi connectivity index (χ1) is 9.36. The third kappa shape index (κ3) is 4.85. The Morgan fingerprint density at radius 2 is 1.95 bits per heavy atom. The lowest BCUT2D eigenvalue weighted by molar-refractivity contribution is -0.128. The van der Waals surface area contributed by atoms with E-state index in [-0.39, 0.29) is 12.0 Å². The maximum absolute atomic E-state index is 11.7. The van der Waals surface area contributed by atoms with Crippen LogP contribution in [-0.4, -0.2) is 25.6 Å². The van der Waals surface area contributed by atoms with Gasteiger partial charge in [0.05, 0.1) is 11.5 Å². The Morgan fingerprint density at radius 1 is 1.30 bits per heavy atom. The van der Waals surface area contributed by atoms with Gasteiger partial charge in [-0.1, -0.05) is 18.2 Å². The number of para-hydroxylation sites is 1. The van der Waals surface area contributed by atoms with Gasteiger partial charge in [0.2, 0.25) is 5.91 Å². The molecule has 4 heteroatoms. The summed E-state index contributed by atoms with van der Waals surface area (Å²) in [4.78, 5) is 11.7. The van der Waals surface area contributed by atoms with Crippen LogP contribution >= 0.6 is 0 Å². The number of ether oxygens (including phenoxy) is 1. The molecule has 0 unspecified atom stereocenters. The Balaban J connectivity index is 2.60. The molecule has 0 saturated carbocycles. The van der Waals surface area contributed by atoms with Gasteiger partial charge in [-0.05, 0) is 33.8 Å². The first kappa shape index (κ1) is 16.5. The number of rotatable bonds is 7. The first-order valence-corrected chi connectivity index (χ1v) is 7.04. The van der Waals surface area contributed by atoms with Crippen LogP contribution in [0.2, 0.25) is 0 Å². The zero-order valence-corrected chi connectivity index (χ0v) is 13.1. The van der Waals surface area contributed by atoms with Gasteiger partial charge in [0.1, 0.15) is 5.75 Å². The fraction of sp³-hybridized carbons (Fsp3) is 0.562. The molecule has 0 aromatic heterocycles. The third-order valence-corrected chi connectivity index (χ3v) is 3.06. The minimum absolute atomic E-state index is 0.0386. The molecule has 0 aliphatic heterocycles. The lowest BCUT2D eigenvalue weighted by Gasteiger charge is -2.23. The molecule has 0 radical (unpaired) electrons. The van der Waals surface area contributed by atoms with Crippen LogP contribution in [-0.2, 0) is 11.3 Å². The van der Waals surface area contributed by atoms with E-state index in [1.807, 2.05) is 52.0 Å². The molecule has 1 amide bonds. The van der Waals surface area contributed by atoms with Crippen LogP contribution in [0.1, 0.15) is 33.3 Å². The fourth-order valence-electron chi connectivity index (χ4n) is 1.95. The van der Waals surface area contributed by atoms with Crippen LogP contribution in [0, 0.1) is 5.41 Å². The number of amides is 1. The van der Waals surface area contributed by atoms with Gasteiger partial charge in [-0.2, -0.15) is 0 Å². The summed E-state index contributed by atoms with van der Waals surface area (Å²) in [5.41, 5.74) is 0.677. The van der Waals surface area contributed by atoms with E-state index in [1.165, 1.54) is 0 Å². The summed E-state index contributed by atoms with van der Waals surface area (Å²) in [5, 5.41) is 6.02. The summed E-state index contributed by atoms with van der Waals surface area (Å²) in [6.45, 7) is 9.18. The van der Waals surface area contributed by atoms with Crippen LogP contribution in [0.4, 0.5) is 0 Å². The van der Waals surface area contributed by atoms with E-state index in [0.717, 1.165) is 11.3 Å². The fourth-order valence-corrected chi connectivity index (χ4v) is 1.95. The summed E-state index contributed by atoms with van der Waals surface area (Å²) in [5.74, 6) is 0.935. The Bertz CT molecular complexity index is 442. The minimum atomic E-state index is -0.428. The Morgan fingerprint density at radius 3 is 2.55 bits per heavy atom.